The van der Waals surface area contributed by atoms with Gasteiger partial charge in [0.25, 0.3) is 0 Å². The molecular weight excluding hydrogens is 418 g/mol. The van der Waals surface area contributed by atoms with E-state index in [1.807, 2.05) is 72.8 Å². The summed E-state index contributed by atoms with van der Waals surface area (Å²) in [7, 11) is 2.91. The molecule has 6 heteroatoms. The predicted molar refractivity (Wildman–Crippen MR) is 124 cm³/mol. The number of likely N-dealkylation sites (tertiary alicyclic amines) is 1. The van der Waals surface area contributed by atoms with Crippen molar-refractivity contribution in [2.24, 2.45) is 0 Å². The van der Waals surface area contributed by atoms with E-state index in [0.717, 1.165) is 22.3 Å². The first-order valence-corrected chi connectivity index (χ1v) is 10.8. The molecule has 1 amide bonds. The topological polar surface area (TPSA) is 65.1 Å². The summed E-state index contributed by atoms with van der Waals surface area (Å²) in [4.78, 5) is 26.9. The normalized spacial score (nSPS) is 19.8. The summed E-state index contributed by atoms with van der Waals surface area (Å²) in [6.45, 7) is 0.303. The minimum atomic E-state index is -0.847. The number of methoxy groups -OCH3 is 2. The first kappa shape index (κ1) is 22.6. The van der Waals surface area contributed by atoms with Crippen LogP contribution in [0.1, 0.15) is 17.5 Å². The lowest BCUT2D eigenvalue weighted by Gasteiger charge is -2.28. The van der Waals surface area contributed by atoms with E-state index in [9.17, 15) is 9.59 Å². The van der Waals surface area contributed by atoms with Crippen LogP contribution >= 0.6 is 0 Å². The lowest BCUT2D eigenvalue weighted by atomic mass is 9.89. The Labute approximate surface area is 193 Å². The number of carbonyl (C=O) groups is 2. The van der Waals surface area contributed by atoms with Gasteiger partial charge in [0.15, 0.2) is 0 Å². The minimum Gasteiger partial charge on any atom is -0.467 e. The molecule has 0 aliphatic carbocycles. The molecule has 0 saturated carbocycles. The van der Waals surface area contributed by atoms with Gasteiger partial charge in [0.05, 0.1) is 13.7 Å². The highest BCUT2D eigenvalue weighted by Gasteiger charge is 2.51. The van der Waals surface area contributed by atoms with Gasteiger partial charge < -0.3 is 14.2 Å². The SMILES string of the molecule is COC(=O)C1CC(OC)(c2ccc(-c3ccccc3)cc2)CN1C(=O)OCc1ccccc1. The van der Waals surface area contributed by atoms with Crippen LogP contribution in [-0.4, -0.2) is 43.8 Å². The van der Waals surface area contributed by atoms with Gasteiger partial charge in [-0.3, -0.25) is 4.90 Å². The molecule has 33 heavy (non-hydrogen) atoms. The molecule has 170 valence electrons. The Kier molecular flexibility index (Phi) is 6.75. The fraction of sp³-hybridized carbons (Fsp3) is 0.259. The molecule has 4 rings (SSSR count). The second kappa shape index (κ2) is 9.88. The molecule has 1 heterocycles. The zero-order valence-corrected chi connectivity index (χ0v) is 18.8. The Morgan fingerprint density at radius 1 is 0.879 bits per heavy atom. The van der Waals surface area contributed by atoms with Crippen molar-refractivity contribution in [1.82, 2.24) is 4.90 Å². The van der Waals surface area contributed by atoms with Gasteiger partial charge in [-0.2, -0.15) is 0 Å². The number of amides is 1. The van der Waals surface area contributed by atoms with Crippen LogP contribution in [0.15, 0.2) is 84.9 Å². The summed E-state index contributed by atoms with van der Waals surface area (Å²) in [5.41, 5.74) is 3.10. The number of benzene rings is 3. The Balaban J connectivity index is 1.56. The van der Waals surface area contributed by atoms with Crippen molar-refractivity contribution in [3.63, 3.8) is 0 Å². The second-order valence-corrected chi connectivity index (χ2v) is 8.05. The quantitative estimate of drug-likeness (QED) is 0.511. The number of carbonyl (C=O) groups excluding carboxylic acids is 2. The van der Waals surface area contributed by atoms with Gasteiger partial charge in [0.1, 0.15) is 18.2 Å². The maximum absolute atomic E-state index is 13.0. The van der Waals surface area contributed by atoms with E-state index in [1.54, 1.807) is 7.11 Å². The lowest BCUT2D eigenvalue weighted by molar-refractivity contribution is -0.145. The van der Waals surface area contributed by atoms with E-state index in [1.165, 1.54) is 12.0 Å². The zero-order chi connectivity index (χ0) is 23.3. The molecule has 1 saturated heterocycles. The third-order valence-electron chi connectivity index (χ3n) is 6.15. The van der Waals surface area contributed by atoms with Crippen molar-refractivity contribution in [3.05, 3.63) is 96.1 Å². The van der Waals surface area contributed by atoms with Crippen molar-refractivity contribution in [1.29, 1.82) is 0 Å². The molecule has 2 unspecified atom stereocenters. The second-order valence-electron chi connectivity index (χ2n) is 8.05. The van der Waals surface area contributed by atoms with Gasteiger partial charge >= 0.3 is 12.1 Å². The van der Waals surface area contributed by atoms with Gasteiger partial charge in [-0.05, 0) is 22.3 Å². The zero-order valence-electron chi connectivity index (χ0n) is 18.8. The number of hydrogen-bond donors (Lipinski definition) is 0. The standard InChI is InChI=1S/C27H27NO5/c1-31-25(29)24-17-27(32-2,19-28(24)26(30)33-18-20-9-5-3-6-10-20)23-15-13-22(14-16-23)21-11-7-4-8-12-21/h3-16,24H,17-19H2,1-2H3. The van der Waals surface area contributed by atoms with Crippen LogP contribution in [0, 0.1) is 0 Å². The van der Waals surface area contributed by atoms with Gasteiger partial charge in [0.2, 0.25) is 0 Å². The van der Waals surface area contributed by atoms with Gasteiger partial charge in [0, 0.05) is 13.5 Å². The maximum Gasteiger partial charge on any atom is 0.410 e. The maximum atomic E-state index is 13.0. The Morgan fingerprint density at radius 3 is 2.09 bits per heavy atom. The average Bonchev–Trinajstić information content (AvgIpc) is 3.29. The molecule has 0 N–H and O–H groups in total. The van der Waals surface area contributed by atoms with Crippen LogP contribution in [-0.2, 0) is 31.2 Å². The van der Waals surface area contributed by atoms with Crippen LogP contribution in [0.5, 0.6) is 0 Å². The van der Waals surface area contributed by atoms with Crippen molar-refractivity contribution < 1.29 is 23.8 Å². The fourth-order valence-corrected chi connectivity index (χ4v) is 4.28. The van der Waals surface area contributed by atoms with Crippen LogP contribution < -0.4 is 0 Å². The summed E-state index contributed by atoms with van der Waals surface area (Å²) in [5, 5.41) is 0. The van der Waals surface area contributed by atoms with Crippen LogP contribution in [0.3, 0.4) is 0 Å². The third kappa shape index (κ3) is 4.76. The highest BCUT2D eigenvalue weighted by atomic mass is 16.6. The van der Waals surface area contributed by atoms with E-state index < -0.39 is 23.7 Å². The highest BCUT2D eigenvalue weighted by molar-refractivity contribution is 5.82. The fourth-order valence-electron chi connectivity index (χ4n) is 4.28. The number of nitrogens with zero attached hydrogens (tertiary/aromatic N) is 1. The minimum absolute atomic E-state index is 0.121. The number of hydrogen-bond acceptors (Lipinski definition) is 5. The van der Waals surface area contributed by atoms with Gasteiger partial charge in [-0.25, -0.2) is 9.59 Å². The van der Waals surface area contributed by atoms with Gasteiger partial charge in [-0.15, -0.1) is 0 Å². The van der Waals surface area contributed by atoms with Crippen LogP contribution in [0.2, 0.25) is 0 Å². The largest absolute Gasteiger partial charge is 0.467 e. The molecule has 0 aromatic heterocycles. The Morgan fingerprint density at radius 2 is 1.48 bits per heavy atom. The monoisotopic (exact) mass is 445 g/mol. The van der Waals surface area contributed by atoms with Gasteiger partial charge in [-0.1, -0.05) is 84.9 Å². The molecule has 1 aliphatic rings. The molecule has 0 bridgehead atoms. The molecule has 6 nitrogen and oxygen atoms in total. The number of ether oxygens (including phenoxy) is 3. The summed E-state index contributed by atoms with van der Waals surface area (Å²) in [6.07, 6.45) is -0.296. The smallest absolute Gasteiger partial charge is 0.410 e. The van der Waals surface area contributed by atoms with E-state index in [0.29, 0.717) is 0 Å². The molecule has 0 spiro atoms. The molecule has 1 aliphatic heterocycles. The number of rotatable bonds is 6. The van der Waals surface area contributed by atoms with Crippen molar-refractivity contribution in [3.8, 4) is 11.1 Å². The molecule has 3 aromatic rings. The van der Waals surface area contributed by atoms with Crippen molar-refractivity contribution in [2.75, 3.05) is 20.8 Å². The van der Waals surface area contributed by atoms with E-state index in [4.69, 9.17) is 14.2 Å². The van der Waals surface area contributed by atoms with Crippen LogP contribution in [0.25, 0.3) is 11.1 Å². The Bertz CT molecular complexity index is 1080. The highest BCUT2D eigenvalue weighted by Crippen LogP contribution is 2.40. The first-order valence-electron chi connectivity index (χ1n) is 10.8. The predicted octanol–water partition coefficient (Wildman–Crippen LogP) is 4.78. The van der Waals surface area contributed by atoms with Crippen molar-refractivity contribution >= 4 is 12.1 Å². The van der Waals surface area contributed by atoms with E-state index in [-0.39, 0.29) is 19.6 Å². The molecule has 3 aromatic carbocycles. The molecule has 1 fully saturated rings. The summed E-state index contributed by atoms with van der Waals surface area (Å²) in [5.74, 6) is -0.494. The van der Waals surface area contributed by atoms with Crippen molar-refractivity contribution in [2.45, 2.75) is 24.7 Å². The molecule has 2 atom stereocenters. The summed E-state index contributed by atoms with van der Waals surface area (Å²) >= 11 is 0. The average molecular weight is 446 g/mol. The lowest BCUT2D eigenvalue weighted by Crippen LogP contribution is -2.42. The van der Waals surface area contributed by atoms with Crippen LogP contribution in [0.4, 0.5) is 4.79 Å². The number of esters is 1. The molecule has 0 radical (unpaired) electrons. The first-order chi connectivity index (χ1) is 16.1. The third-order valence-corrected chi connectivity index (χ3v) is 6.15. The van der Waals surface area contributed by atoms with E-state index in [2.05, 4.69) is 12.1 Å². The summed E-state index contributed by atoms with van der Waals surface area (Å²) < 4.78 is 16.4. The van der Waals surface area contributed by atoms with E-state index >= 15 is 0 Å². The molecular formula is C27H27NO5. The Hall–Kier alpha value is -3.64. The summed E-state index contributed by atoms with van der Waals surface area (Å²) in [6, 6.07) is 26.7.